The number of hydrogen-bond donors (Lipinski definition) is 0. The molecule has 2 saturated heterocycles. The van der Waals surface area contributed by atoms with Crippen LogP contribution in [-0.2, 0) is 18.6 Å². The van der Waals surface area contributed by atoms with Gasteiger partial charge in [-0.2, -0.15) is 0 Å². The lowest BCUT2D eigenvalue weighted by Gasteiger charge is -2.48. The van der Waals surface area contributed by atoms with E-state index in [4.69, 9.17) is 18.6 Å². The zero-order valence-electron chi connectivity index (χ0n) is 19.3. The monoisotopic (exact) mass is 438 g/mol. The molecule has 0 N–H and O–H groups in total. The normalized spacial score (nSPS) is 32.1. The number of hydrogen-bond acceptors (Lipinski definition) is 4. The third-order valence-corrected chi connectivity index (χ3v) is 12.1. The average molecular weight is 439 g/mol. The van der Waals surface area contributed by atoms with Gasteiger partial charge < -0.3 is 18.6 Å². The van der Waals surface area contributed by atoms with Gasteiger partial charge >= 0.3 is 0 Å². The van der Waals surface area contributed by atoms with Crippen molar-refractivity contribution in [1.82, 2.24) is 0 Å². The molecule has 0 radical (unpaired) electrons. The van der Waals surface area contributed by atoms with Gasteiger partial charge in [0.1, 0.15) is 6.10 Å². The van der Waals surface area contributed by atoms with E-state index in [1.165, 1.54) is 10.4 Å². The molecular formula is C26H34O4Si. The lowest BCUT2D eigenvalue weighted by molar-refractivity contribution is -0.152. The fraction of sp³-hybridized carbons (Fsp3) is 0.538. The number of benzene rings is 2. The maximum absolute atomic E-state index is 7.45. The highest BCUT2D eigenvalue weighted by atomic mass is 28.4. The van der Waals surface area contributed by atoms with Crippen LogP contribution in [0.15, 0.2) is 60.7 Å². The summed E-state index contributed by atoms with van der Waals surface area (Å²) in [6.07, 6.45) is 1.61. The molecule has 2 aliphatic heterocycles. The van der Waals surface area contributed by atoms with E-state index < -0.39 is 14.1 Å². The molecule has 166 valence electrons. The Morgan fingerprint density at radius 3 is 1.90 bits per heavy atom. The van der Waals surface area contributed by atoms with E-state index in [0.717, 1.165) is 19.4 Å². The van der Waals surface area contributed by atoms with E-state index in [0.29, 0.717) is 0 Å². The van der Waals surface area contributed by atoms with Crippen LogP contribution < -0.4 is 10.4 Å². The third kappa shape index (κ3) is 3.70. The molecule has 4 atom stereocenters. The second kappa shape index (κ2) is 7.25. The van der Waals surface area contributed by atoms with Gasteiger partial charge in [0.05, 0.1) is 24.4 Å². The van der Waals surface area contributed by atoms with Crippen molar-refractivity contribution in [3.05, 3.63) is 60.7 Å². The maximum atomic E-state index is 7.45. The topological polar surface area (TPSA) is 40.2 Å². The Labute approximate surface area is 187 Å². The summed E-state index contributed by atoms with van der Waals surface area (Å²) in [5, 5.41) is 2.51. The van der Waals surface area contributed by atoms with Gasteiger partial charge in [-0.1, -0.05) is 81.4 Å². The van der Waals surface area contributed by atoms with Crippen LogP contribution in [-0.4, -0.2) is 44.6 Å². The number of rotatable bonds is 4. The van der Waals surface area contributed by atoms with Crippen LogP contribution >= 0.6 is 0 Å². The van der Waals surface area contributed by atoms with Gasteiger partial charge in [-0.15, -0.1) is 0 Å². The van der Waals surface area contributed by atoms with Crippen molar-refractivity contribution >= 4 is 18.7 Å². The van der Waals surface area contributed by atoms with E-state index in [1.807, 2.05) is 13.8 Å². The minimum Gasteiger partial charge on any atom is -0.402 e. The third-order valence-electron chi connectivity index (χ3n) is 7.03. The van der Waals surface area contributed by atoms with Crippen LogP contribution in [0.1, 0.15) is 47.5 Å². The van der Waals surface area contributed by atoms with E-state index in [9.17, 15) is 0 Å². The van der Waals surface area contributed by atoms with Crippen LogP contribution in [0.5, 0.6) is 0 Å². The SMILES string of the molecule is CC1(C)O[C@@H]2[C@@H](C[C@@]3(CO3)C[C@H]2O[Si](c2ccccc2)(c2ccccc2)C(C)(C)C)O1. The molecule has 0 bridgehead atoms. The Bertz CT molecular complexity index is 878. The highest BCUT2D eigenvalue weighted by Crippen LogP contribution is 2.50. The molecule has 2 heterocycles. The summed E-state index contributed by atoms with van der Waals surface area (Å²) >= 11 is 0. The standard InChI is InChI=1S/C26H34O4Si/c1-24(2,3)31(19-12-8-6-9-13-19,20-14-10-7-11-15-20)30-22-17-26(18-27-26)16-21-23(22)29-25(4,5)28-21/h6-15,21-23H,16-18H2,1-5H3/t21-,22-,23-,26+/m1/s1. The van der Waals surface area contributed by atoms with Crippen molar-refractivity contribution in [2.24, 2.45) is 0 Å². The fourth-order valence-electron chi connectivity index (χ4n) is 5.63. The molecule has 5 heteroatoms. The van der Waals surface area contributed by atoms with Gasteiger partial charge in [0.15, 0.2) is 5.79 Å². The molecule has 31 heavy (non-hydrogen) atoms. The van der Waals surface area contributed by atoms with Crippen molar-refractivity contribution in [1.29, 1.82) is 0 Å². The van der Waals surface area contributed by atoms with E-state index in [-0.39, 0.29) is 29.0 Å². The van der Waals surface area contributed by atoms with E-state index in [1.54, 1.807) is 0 Å². The molecular weight excluding hydrogens is 404 g/mol. The summed E-state index contributed by atoms with van der Waals surface area (Å²) in [5.41, 5.74) is -0.110. The lowest BCUT2D eigenvalue weighted by Crippen LogP contribution is -2.69. The molecule has 0 amide bonds. The molecule has 2 aromatic carbocycles. The predicted octanol–water partition coefficient (Wildman–Crippen LogP) is 4.01. The first-order valence-corrected chi connectivity index (χ1v) is 13.3. The minimum atomic E-state index is -2.67. The minimum absolute atomic E-state index is 0.00876. The Hall–Kier alpha value is -1.50. The zero-order chi connectivity index (χ0) is 21.9. The van der Waals surface area contributed by atoms with Crippen molar-refractivity contribution < 1.29 is 18.6 Å². The van der Waals surface area contributed by atoms with Crippen molar-refractivity contribution in [2.45, 2.75) is 82.2 Å². The second-order valence-corrected chi connectivity index (χ2v) is 15.1. The molecule has 3 aliphatic rings. The maximum Gasteiger partial charge on any atom is 0.261 e. The first-order chi connectivity index (χ1) is 14.6. The molecule has 5 rings (SSSR count). The summed E-state index contributed by atoms with van der Waals surface area (Å²) in [4.78, 5) is 0. The van der Waals surface area contributed by atoms with Gasteiger partial charge in [0.2, 0.25) is 0 Å². The highest BCUT2D eigenvalue weighted by molar-refractivity contribution is 6.99. The van der Waals surface area contributed by atoms with Gasteiger partial charge in [0, 0.05) is 12.8 Å². The van der Waals surface area contributed by atoms with Crippen LogP contribution in [0.2, 0.25) is 5.04 Å². The molecule has 0 unspecified atom stereocenters. The molecule has 1 aliphatic carbocycles. The molecule has 1 spiro atoms. The summed E-state index contributed by atoms with van der Waals surface area (Å²) in [5.74, 6) is -0.594. The van der Waals surface area contributed by atoms with Crippen LogP contribution in [0.3, 0.4) is 0 Å². The van der Waals surface area contributed by atoms with Gasteiger partial charge in [-0.3, -0.25) is 0 Å². The van der Waals surface area contributed by atoms with Gasteiger partial charge in [0.25, 0.3) is 8.32 Å². The van der Waals surface area contributed by atoms with Crippen molar-refractivity contribution in [2.75, 3.05) is 6.61 Å². The summed E-state index contributed by atoms with van der Waals surface area (Å²) < 4.78 is 26.1. The molecule has 4 nitrogen and oxygen atoms in total. The molecule has 2 aromatic rings. The summed E-state index contributed by atoms with van der Waals surface area (Å²) in [6, 6.07) is 21.6. The molecule has 1 saturated carbocycles. The van der Waals surface area contributed by atoms with Crippen LogP contribution in [0, 0.1) is 0 Å². The Kier molecular flexibility index (Phi) is 5.00. The van der Waals surface area contributed by atoms with Crippen molar-refractivity contribution in [3.63, 3.8) is 0 Å². The number of epoxide rings is 1. The van der Waals surface area contributed by atoms with Gasteiger partial charge in [-0.25, -0.2) is 0 Å². The largest absolute Gasteiger partial charge is 0.402 e. The van der Waals surface area contributed by atoms with Gasteiger partial charge in [-0.05, 0) is 29.3 Å². The Balaban J connectivity index is 1.62. The van der Waals surface area contributed by atoms with E-state index >= 15 is 0 Å². The average Bonchev–Trinajstić information content (AvgIpc) is 3.38. The summed E-state index contributed by atoms with van der Waals surface area (Å²) in [7, 11) is -2.67. The molecule has 0 aromatic heterocycles. The number of fused-ring (bicyclic) bond motifs is 1. The lowest BCUT2D eigenvalue weighted by atomic mass is 9.83. The van der Waals surface area contributed by atoms with Crippen molar-refractivity contribution in [3.8, 4) is 0 Å². The quantitative estimate of drug-likeness (QED) is 0.534. The smallest absolute Gasteiger partial charge is 0.261 e. The first kappa shape index (κ1) is 21.3. The zero-order valence-corrected chi connectivity index (χ0v) is 20.3. The Morgan fingerprint density at radius 2 is 1.42 bits per heavy atom. The fourth-order valence-corrected chi connectivity index (χ4v) is 10.3. The first-order valence-electron chi connectivity index (χ1n) is 11.4. The number of ether oxygens (including phenoxy) is 3. The second-order valence-electron chi connectivity index (χ2n) is 10.8. The van der Waals surface area contributed by atoms with Crippen LogP contribution in [0.4, 0.5) is 0 Å². The van der Waals surface area contributed by atoms with E-state index in [2.05, 4.69) is 81.4 Å². The molecule has 3 fully saturated rings. The predicted molar refractivity (Wildman–Crippen MR) is 124 cm³/mol. The summed E-state index contributed by atoms with van der Waals surface area (Å²) in [6.45, 7) is 11.8. The highest BCUT2D eigenvalue weighted by Gasteiger charge is 2.62. The van der Waals surface area contributed by atoms with Crippen LogP contribution in [0.25, 0.3) is 0 Å². The Morgan fingerprint density at radius 1 is 0.871 bits per heavy atom.